The number of carbonyl (C=O) groups is 1. The summed E-state index contributed by atoms with van der Waals surface area (Å²) in [4.78, 5) is 23.6. The molecule has 134 valence electrons. The molecule has 1 aliphatic heterocycles. The van der Waals surface area contributed by atoms with Crippen molar-refractivity contribution in [1.82, 2.24) is 20.0 Å². The Morgan fingerprint density at radius 1 is 1.27 bits per heavy atom. The Labute approximate surface area is 154 Å². The Balaban J connectivity index is 1.60. The minimum Gasteiger partial charge on any atom is -0.337 e. The van der Waals surface area contributed by atoms with E-state index in [0.717, 1.165) is 29.8 Å². The van der Waals surface area contributed by atoms with Gasteiger partial charge in [-0.15, -0.1) is 11.3 Å². The molecule has 1 aromatic carbocycles. The van der Waals surface area contributed by atoms with E-state index < -0.39 is 0 Å². The van der Waals surface area contributed by atoms with Gasteiger partial charge in [-0.1, -0.05) is 35.5 Å². The predicted molar refractivity (Wildman–Crippen MR) is 97.4 cm³/mol. The lowest BCUT2D eigenvalue weighted by Gasteiger charge is -2.32. The van der Waals surface area contributed by atoms with Crippen molar-refractivity contribution in [2.75, 3.05) is 6.54 Å². The Bertz CT molecular complexity index is 892. The molecule has 1 atom stereocenters. The quantitative estimate of drug-likeness (QED) is 0.759. The van der Waals surface area contributed by atoms with E-state index in [-0.39, 0.29) is 11.9 Å². The van der Waals surface area contributed by atoms with Crippen LogP contribution in [0.5, 0.6) is 0 Å². The van der Waals surface area contributed by atoms with Gasteiger partial charge in [-0.2, -0.15) is 4.98 Å². The highest BCUT2D eigenvalue weighted by Crippen LogP contribution is 2.32. The first-order chi connectivity index (χ1) is 12.8. The van der Waals surface area contributed by atoms with Crippen LogP contribution in [0.3, 0.4) is 0 Å². The molecule has 0 spiro atoms. The number of carbonyl (C=O) groups excluding carboxylic acids is 1. The van der Waals surface area contributed by atoms with Gasteiger partial charge in [-0.05, 0) is 19.3 Å². The van der Waals surface area contributed by atoms with E-state index in [1.165, 1.54) is 11.3 Å². The van der Waals surface area contributed by atoms with Gasteiger partial charge in [0.2, 0.25) is 11.7 Å². The summed E-state index contributed by atoms with van der Waals surface area (Å²) in [6, 6.07) is 9.45. The first-order valence-electron chi connectivity index (χ1n) is 8.60. The molecule has 3 heterocycles. The monoisotopic (exact) mass is 369 g/mol. The molecule has 0 aliphatic carbocycles. The molecule has 0 saturated carbocycles. The number of nitrogens with two attached hydrogens (primary N) is 1. The molecule has 7 nitrogen and oxygen atoms in total. The Morgan fingerprint density at radius 3 is 2.88 bits per heavy atom. The molecule has 1 amide bonds. The summed E-state index contributed by atoms with van der Waals surface area (Å²) in [5.41, 5.74) is 6.94. The minimum atomic E-state index is -0.218. The summed E-state index contributed by atoms with van der Waals surface area (Å²) in [7, 11) is 0. The van der Waals surface area contributed by atoms with Gasteiger partial charge < -0.3 is 15.2 Å². The minimum absolute atomic E-state index is 0.106. The highest BCUT2D eigenvalue weighted by molar-refractivity contribution is 7.09. The number of hydrogen-bond acceptors (Lipinski definition) is 7. The first-order valence-corrected chi connectivity index (χ1v) is 9.48. The largest absolute Gasteiger partial charge is 0.337 e. The SMILES string of the molecule is NCc1nc(C(=O)N2CCCCC2c2nc(-c3ccccc3)no2)cs1. The molecule has 3 aromatic rings. The molecule has 0 bridgehead atoms. The molecule has 1 saturated heterocycles. The highest BCUT2D eigenvalue weighted by atomic mass is 32.1. The van der Waals surface area contributed by atoms with E-state index in [0.29, 0.717) is 30.5 Å². The second kappa shape index (κ2) is 7.35. The van der Waals surface area contributed by atoms with Crippen LogP contribution >= 0.6 is 11.3 Å². The molecule has 2 aromatic heterocycles. The van der Waals surface area contributed by atoms with Crippen molar-refractivity contribution in [2.24, 2.45) is 5.73 Å². The third kappa shape index (κ3) is 3.25. The maximum absolute atomic E-state index is 12.9. The van der Waals surface area contributed by atoms with Gasteiger partial charge in [0.25, 0.3) is 5.91 Å². The summed E-state index contributed by atoms with van der Waals surface area (Å²) < 4.78 is 5.51. The second-order valence-electron chi connectivity index (χ2n) is 6.16. The summed E-state index contributed by atoms with van der Waals surface area (Å²) in [6.45, 7) is 0.994. The van der Waals surface area contributed by atoms with Crippen LogP contribution in [0.2, 0.25) is 0 Å². The Morgan fingerprint density at radius 2 is 2.12 bits per heavy atom. The molecule has 4 rings (SSSR count). The number of thiazole rings is 1. The standard InChI is InChI=1S/C18H19N5O2S/c19-10-15-20-13(11-26-15)18(24)23-9-5-4-8-14(23)17-21-16(22-25-17)12-6-2-1-3-7-12/h1-3,6-7,11,14H,4-5,8-10,19H2. The average Bonchev–Trinajstić information content (AvgIpc) is 3.38. The molecule has 1 aliphatic rings. The van der Waals surface area contributed by atoms with Gasteiger partial charge in [-0.3, -0.25) is 4.79 Å². The lowest BCUT2D eigenvalue weighted by molar-refractivity contribution is 0.0556. The van der Waals surface area contributed by atoms with Crippen LogP contribution in [0.25, 0.3) is 11.4 Å². The zero-order valence-corrected chi connectivity index (χ0v) is 15.0. The zero-order valence-electron chi connectivity index (χ0n) is 14.2. The molecule has 26 heavy (non-hydrogen) atoms. The van der Waals surface area contributed by atoms with Crippen LogP contribution in [-0.4, -0.2) is 32.5 Å². The van der Waals surface area contributed by atoms with Crippen LogP contribution in [0.1, 0.15) is 46.7 Å². The molecule has 1 fully saturated rings. The number of benzene rings is 1. The van der Waals surface area contributed by atoms with E-state index in [2.05, 4.69) is 15.1 Å². The van der Waals surface area contributed by atoms with Crippen molar-refractivity contribution in [3.63, 3.8) is 0 Å². The van der Waals surface area contributed by atoms with Crippen LogP contribution in [0.4, 0.5) is 0 Å². The van der Waals surface area contributed by atoms with Gasteiger partial charge in [0.15, 0.2) is 0 Å². The molecule has 0 radical (unpaired) electrons. The molecule has 8 heteroatoms. The topological polar surface area (TPSA) is 98.1 Å². The van der Waals surface area contributed by atoms with Gasteiger partial charge in [0, 0.05) is 24.0 Å². The fourth-order valence-corrected chi connectivity index (χ4v) is 3.80. The van der Waals surface area contributed by atoms with E-state index >= 15 is 0 Å². The number of likely N-dealkylation sites (tertiary alicyclic amines) is 1. The van der Waals surface area contributed by atoms with E-state index in [4.69, 9.17) is 10.3 Å². The lowest BCUT2D eigenvalue weighted by Crippen LogP contribution is -2.38. The van der Waals surface area contributed by atoms with Crippen molar-refractivity contribution < 1.29 is 9.32 Å². The van der Waals surface area contributed by atoms with Crippen molar-refractivity contribution in [1.29, 1.82) is 0 Å². The van der Waals surface area contributed by atoms with Crippen LogP contribution in [0.15, 0.2) is 40.2 Å². The van der Waals surface area contributed by atoms with E-state index in [9.17, 15) is 4.79 Å². The number of amides is 1. The molecule has 2 N–H and O–H groups in total. The lowest BCUT2D eigenvalue weighted by atomic mass is 10.0. The number of piperidine rings is 1. The second-order valence-corrected chi connectivity index (χ2v) is 7.11. The predicted octanol–water partition coefficient (Wildman–Crippen LogP) is 3.02. The zero-order chi connectivity index (χ0) is 17.9. The maximum atomic E-state index is 12.9. The van der Waals surface area contributed by atoms with Crippen molar-refractivity contribution in [3.05, 3.63) is 52.3 Å². The van der Waals surface area contributed by atoms with E-state index in [1.54, 1.807) is 10.3 Å². The van der Waals surface area contributed by atoms with Crippen molar-refractivity contribution >= 4 is 17.2 Å². The van der Waals surface area contributed by atoms with Crippen LogP contribution in [0, 0.1) is 0 Å². The van der Waals surface area contributed by atoms with Crippen LogP contribution in [-0.2, 0) is 6.54 Å². The smallest absolute Gasteiger partial charge is 0.274 e. The maximum Gasteiger partial charge on any atom is 0.274 e. The summed E-state index contributed by atoms with van der Waals surface area (Å²) >= 11 is 1.41. The van der Waals surface area contributed by atoms with Gasteiger partial charge in [0.05, 0.1) is 0 Å². The molecule has 1 unspecified atom stereocenters. The van der Waals surface area contributed by atoms with Crippen molar-refractivity contribution in [2.45, 2.75) is 31.8 Å². The third-order valence-electron chi connectivity index (χ3n) is 4.47. The van der Waals surface area contributed by atoms with Crippen molar-refractivity contribution in [3.8, 4) is 11.4 Å². The Kier molecular flexibility index (Phi) is 4.77. The highest BCUT2D eigenvalue weighted by Gasteiger charge is 2.33. The van der Waals surface area contributed by atoms with Gasteiger partial charge in [0.1, 0.15) is 16.7 Å². The van der Waals surface area contributed by atoms with E-state index in [1.807, 2.05) is 30.3 Å². The first kappa shape index (κ1) is 16.9. The van der Waals surface area contributed by atoms with Gasteiger partial charge in [-0.25, -0.2) is 4.98 Å². The van der Waals surface area contributed by atoms with Gasteiger partial charge >= 0.3 is 0 Å². The average molecular weight is 369 g/mol. The summed E-state index contributed by atoms with van der Waals surface area (Å²) in [6.07, 6.45) is 2.77. The number of nitrogens with zero attached hydrogens (tertiary/aromatic N) is 4. The number of rotatable bonds is 4. The Hall–Kier alpha value is -2.58. The summed E-state index contributed by atoms with van der Waals surface area (Å²) in [5, 5.41) is 6.61. The molecular weight excluding hydrogens is 350 g/mol. The fourth-order valence-electron chi connectivity index (χ4n) is 3.16. The molecular formula is C18H19N5O2S. The summed E-state index contributed by atoms with van der Waals surface area (Å²) in [5.74, 6) is 0.911. The number of hydrogen-bond donors (Lipinski definition) is 1. The third-order valence-corrected chi connectivity index (χ3v) is 5.34. The fraction of sp³-hybridized carbons (Fsp3) is 0.333. The normalized spacial score (nSPS) is 17.4. The van der Waals surface area contributed by atoms with Crippen LogP contribution < -0.4 is 5.73 Å². The number of aromatic nitrogens is 3.